The summed E-state index contributed by atoms with van der Waals surface area (Å²) in [6.07, 6.45) is 0. The minimum Gasteiger partial charge on any atom is -0.497 e. The van der Waals surface area contributed by atoms with E-state index in [0.717, 1.165) is 5.56 Å². The van der Waals surface area contributed by atoms with E-state index >= 15 is 0 Å². The third-order valence-corrected chi connectivity index (χ3v) is 3.41. The lowest BCUT2D eigenvalue weighted by atomic mass is 9.84. The molecule has 21 heavy (non-hydrogen) atoms. The number of esters is 1. The van der Waals surface area contributed by atoms with Crippen LogP contribution in [0.2, 0.25) is 0 Å². The molecule has 1 aromatic carbocycles. The van der Waals surface area contributed by atoms with Gasteiger partial charge in [0.05, 0.1) is 20.8 Å². The Morgan fingerprint density at radius 2 is 1.86 bits per heavy atom. The molecule has 2 unspecified atom stereocenters. The number of hydrogen-bond donors (Lipinski definition) is 0. The highest BCUT2D eigenvalue weighted by Gasteiger charge is 2.33. The van der Waals surface area contributed by atoms with Gasteiger partial charge in [0.2, 0.25) is 0 Å². The maximum atomic E-state index is 12.0. The molecule has 2 atom stereocenters. The first-order valence-corrected chi connectivity index (χ1v) is 6.85. The molecule has 1 rings (SSSR count). The van der Waals surface area contributed by atoms with Crippen LogP contribution in [0.15, 0.2) is 18.2 Å². The minimum atomic E-state index is -0.856. The van der Waals surface area contributed by atoms with Crippen LogP contribution in [0.1, 0.15) is 32.3 Å². The average molecular weight is 294 g/mol. The Morgan fingerprint density at radius 3 is 2.33 bits per heavy atom. The summed E-state index contributed by atoms with van der Waals surface area (Å²) in [5, 5.41) is 0. The number of benzene rings is 1. The zero-order chi connectivity index (χ0) is 16.0. The van der Waals surface area contributed by atoms with Gasteiger partial charge in [-0.1, -0.05) is 6.92 Å². The molecule has 0 bridgehead atoms. The maximum Gasteiger partial charge on any atom is 0.317 e. The Kier molecular flexibility index (Phi) is 6.21. The lowest BCUT2D eigenvalue weighted by Crippen LogP contribution is -2.29. The minimum absolute atomic E-state index is 0.231. The molecule has 0 aliphatic rings. The Labute approximate surface area is 125 Å². The van der Waals surface area contributed by atoms with Gasteiger partial charge in [-0.25, -0.2) is 0 Å². The van der Waals surface area contributed by atoms with Crippen LogP contribution in [0, 0.1) is 5.92 Å². The fourth-order valence-electron chi connectivity index (χ4n) is 2.33. The summed E-state index contributed by atoms with van der Waals surface area (Å²) in [5.74, 6) is -0.714. The Morgan fingerprint density at radius 1 is 1.19 bits per heavy atom. The van der Waals surface area contributed by atoms with Crippen molar-refractivity contribution in [2.45, 2.75) is 26.7 Å². The van der Waals surface area contributed by atoms with Crippen molar-refractivity contribution in [2.75, 3.05) is 20.8 Å². The van der Waals surface area contributed by atoms with Crippen molar-refractivity contribution in [2.24, 2.45) is 5.92 Å². The SMILES string of the molecule is CCOC(=O)C(C(C)=O)C(C)c1cc(OC)ccc1OC. The van der Waals surface area contributed by atoms with Gasteiger partial charge in [-0.15, -0.1) is 0 Å². The van der Waals surface area contributed by atoms with E-state index < -0.39 is 11.9 Å². The first-order chi connectivity index (χ1) is 9.96. The van der Waals surface area contributed by atoms with Crippen molar-refractivity contribution in [3.8, 4) is 11.5 Å². The predicted molar refractivity (Wildman–Crippen MR) is 78.8 cm³/mol. The summed E-state index contributed by atoms with van der Waals surface area (Å²) >= 11 is 0. The van der Waals surface area contributed by atoms with Crippen LogP contribution in [-0.4, -0.2) is 32.6 Å². The summed E-state index contributed by atoms with van der Waals surface area (Å²) in [5.41, 5.74) is 0.741. The van der Waals surface area contributed by atoms with E-state index in [2.05, 4.69) is 0 Å². The van der Waals surface area contributed by atoms with Gasteiger partial charge in [-0.3, -0.25) is 9.59 Å². The molecular formula is C16H22O5. The highest BCUT2D eigenvalue weighted by atomic mass is 16.5. The van der Waals surface area contributed by atoms with E-state index in [0.29, 0.717) is 11.5 Å². The number of hydrogen-bond acceptors (Lipinski definition) is 5. The van der Waals surface area contributed by atoms with Crippen molar-refractivity contribution < 1.29 is 23.8 Å². The molecule has 0 saturated heterocycles. The molecule has 0 aliphatic heterocycles. The first-order valence-electron chi connectivity index (χ1n) is 6.85. The molecule has 1 aromatic rings. The fourth-order valence-corrected chi connectivity index (χ4v) is 2.33. The summed E-state index contributed by atoms with van der Waals surface area (Å²) in [4.78, 5) is 23.9. The second-order valence-electron chi connectivity index (χ2n) is 4.74. The van der Waals surface area contributed by atoms with Gasteiger partial charge < -0.3 is 14.2 Å². The van der Waals surface area contributed by atoms with Crippen LogP contribution in [0.25, 0.3) is 0 Å². The monoisotopic (exact) mass is 294 g/mol. The van der Waals surface area contributed by atoms with Crippen LogP contribution < -0.4 is 9.47 Å². The number of carbonyl (C=O) groups excluding carboxylic acids is 2. The summed E-state index contributed by atoms with van der Waals surface area (Å²) in [7, 11) is 3.11. The Balaban J connectivity index is 3.22. The van der Waals surface area contributed by atoms with Crippen molar-refractivity contribution in [1.82, 2.24) is 0 Å². The van der Waals surface area contributed by atoms with Crippen LogP contribution in [0.4, 0.5) is 0 Å². The highest BCUT2D eigenvalue weighted by Crippen LogP contribution is 2.35. The van der Waals surface area contributed by atoms with Crippen molar-refractivity contribution in [3.63, 3.8) is 0 Å². The summed E-state index contributed by atoms with van der Waals surface area (Å²) in [6, 6.07) is 5.30. The van der Waals surface area contributed by atoms with Crippen molar-refractivity contribution >= 4 is 11.8 Å². The quantitative estimate of drug-likeness (QED) is 0.571. The lowest BCUT2D eigenvalue weighted by molar-refractivity contribution is -0.151. The molecule has 0 spiro atoms. The predicted octanol–water partition coefficient (Wildman–Crippen LogP) is 2.58. The zero-order valence-electron chi connectivity index (χ0n) is 13.1. The van der Waals surface area contributed by atoms with Crippen LogP contribution in [0.3, 0.4) is 0 Å². The third kappa shape index (κ3) is 3.97. The topological polar surface area (TPSA) is 61.8 Å². The third-order valence-electron chi connectivity index (χ3n) is 3.41. The smallest absolute Gasteiger partial charge is 0.317 e. The normalized spacial score (nSPS) is 13.2. The van der Waals surface area contributed by atoms with E-state index in [1.165, 1.54) is 6.92 Å². The van der Waals surface area contributed by atoms with E-state index in [4.69, 9.17) is 14.2 Å². The molecule has 0 heterocycles. The molecule has 0 amide bonds. The molecule has 0 radical (unpaired) electrons. The molecule has 116 valence electrons. The number of ether oxygens (including phenoxy) is 3. The summed E-state index contributed by atoms with van der Waals surface area (Å²) < 4.78 is 15.5. The number of carbonyl (C=O) groups is 2. The van der Waals surface area contributed by atoms with Crippen LogP contribution in [0.5, 0.6) is 11.5 Å². The Bertz CT molecular complexity index is 509. The van der Waals surface area contributed by atoms with Gasteiger partial charge in [-0.05, 0) is 32.0 Å². The highest BCUT2D eigenvalue weighted by molar-refractivity contribution is 5.98. The van der Waals surface area contributed by atoms with Gasteiger partial charge >= 0.3 is 5.97 Å². The number of ketones is 1. The second-order valence-corrected chi connectivity index (χ2v) is 4.74. The lowest BCUT2D eigenvalue weighted by Gasteiger charge is -2.22. The van der Waals surface area contributed by atoms with Gasteiger partial charge in [0.25, 0.3) is 0 Å². The second kappa shape index (κ2) is 7.67. The first kappa shape index (κ1) is 17.0. The largest absolute Gasteiger partial charge is 0.497 e. The van der Waals surface area contributed by atoms with E-state index in [-0.39, 0.29) is 18.3 Å². The van der Waals surface area contributed by atoms with Crippen molar-refractivity contribution in [1.29, 1.82) is 0 Å². The van der Waals surface area contributed by atoms with Gasteiger partial charge in [-0.2, -0.15) is 0 Å². The summed E-state index contributed by atoms with van der Waals surface area (Å²) in [6.45, 7) is 5.15. The molecule has 0 aromatic heterocycles. The molecular weight excluding hydrogens is 272 g/mol. The average Bonchev–Trinajstić information content (AvgIpc) is 2.46. The van der Waals surface area contributed by atoms with Crippen LogP contribution in [-0.2, 0) is 14.3 Å². The van der Waals surface area contributed by atoms with E-state index in [9.17, 15) is 9.59 Å². The van der Waals surface area contributed by atoms with Gasteiger partial charge in [0, 0.05) is 11.5 Å². The number of rotatable bonds is 7. The van der Waals surface area contributed by atoms with Crippen molar-refractivity contribution in [3.05, 3.63) is 23.8 Å². The molecule has 5 heteroatoms. The molecule has 0 saturated carbocycles. The van der Waals surface area contributed by atoms with E-state index in [1.807, 2.05) is 0 Å². The zero-order valence-corrected chi connectivity index (χ0v) is 13.1. The van der Waals surface area contributed by atoms with Gasteiger partial charge in [0.15, 0.2) is 0 Å². The fraction of sp³-hybridized carbons (Fsp3) is 0.500. The van der Waals surface area contributed by atoms with Crippen LogP contribution >= 0.6 is 0 Å². The molecule has 0 aliphatic carbocycles. The molecule has 0 fully saturated rings. The van der Waals surface area contributed by atoms with E-state index in [1.54, 1.807) is 46.3 Å². The molecule has 5 nitrogen and oxygen atoms in total. The van der Waals surface area contributed by atoms with Gasteiger partial charge in [0.1, 0.15) is 23.2 Å². The maximum absolute atomic E-state index is 12.0. The standard InChI is InChI=1S/C16H22O5/c1-6-21-16(18)15(11(3)17)10(2)13-9-12(19-4)7-8-14(13)20-5/h7-10,15H,6H2,1-5H3. The number of methoxy groups -OCH3 is 2. The Hall–Kier alpha value is -2.04. The number of Topliss-reactive ketones (excluding diaryl/α,β-unsaturated/α-hetero) is 1. The molecule has 0 N–H and O–H groups in total.